The molecule has 2 heteroatoms. The Bertz CT molecular complexity index is 2630. The highest BCUT2D eigenvalue weighted by atomic mass is 32.1. The average molecular weight is 635 g/mol. The fourth-order valence-corrected chi connectivity index (χ4v) is 8.88. The third kappa shape index (κ3) is 4.44. The van der Waals surface area contributed by atoms with Crippen LogP contribution in [0.3, 0.4) is 0 Å². The van der Waals surface area contributed by atoms with Crippen LogP contribution in [0, 0.1) is 0 Å². The van der Waals surface area contributed by atoms with Crippen LogP contribution in [0.2, 0.25) is 0 Å². The molecule has 230 valence electrons. The molecule has 7 aromatic carbocycles. The van der Waals surface area contributed by atoms with Crippen LogP contribution in [0.15, 0.2) is 152 Å². The molecule has 0 saturated carbocycles. The van der Waals surface area contributed by atoms with Crippen molar-refractivity contribution >= 4 is 69.4 Å². The summed E-state index contributed by atoms with van der Waals surface area (Å²) in [7, 11) is 0. The van der Waals surface area contributed by atoms with Gasteiger partial charge in [0, 0.05) is 32.0 Å². The summed E-state index contributed by atoms with van der Waals surface area (Å²) in [5.41, 5.74) is 5.86. The minimum atomic E-state index is -0.160. The van der Waals surface area contributed by atoms with Crippen molar-refractivity contribution in [1.82, 2.24) is 0 Å². The molecule has 0 atom stereocenters. The van der Waals surface area contributed by atoms with Crippen LogP contribution in [0.1, 0.15) is 36.1 Å². The predicted octanol–water partition coefficient (Wildman–Crippen LogP) is 13.3. The first kappa shape index (κ1) is 28.8. The molecule has 1 aliphatic heterocycles. The first-order valence-corrected chi connectivity index (χ1v) is 17.4. The van der Waals surface area contributed by atoms with Gasteiger partial charge in [-0.05, 0) is 73.6 Å². The Balaban J connectivity index is 1.05. The van der Waals surface area contributed by atoms with Gasteiger partial charge in [0.2, 0.25) is 0 Å². The molecular weight excluding hydrogens is 601 g/mol. The topological polar surface area (TPSA) is 9.23 Å². The first-order valence-electron chi connectivity index (χ1n) is 16.6. The minimum Gasteiger partial charge on any atom is -0.455 e. The second-order valence-corrected chi connectivity index (χ2v) is 14.3. The highest BCUT2D eigenvalue weighted by Gasteiger charge is 2.35. The van der Waals surface area contributed by atoms with Crippen LogP contribution in [-0.4, -0.2) is 0 Å². The number of ether oxygens (including phenoxy) is 1. The summed E-state index contributed by atoms with van der Waals surface area (Å²) in [5, 5.41) is 10.3. The lowest BCUT2D eigenvalue weighted by Crippen LogP contribution is -2.24. The van der Waals surface area contributed by atoms with E-state index in [1.165, 1.54) is 74.7 Å². The SMILES string of the molecule is C=C/C=C(\C=C/Cc1ccc2c(c1)Oc1c(ccc3c1sc1ccccc13)C2(C)C)c1ccc2c3ccccc3c3ccccc3c2c1. The fourth-order valence-electron chi connectivity index (χ4n) is 7.69. The summed E-state index contributed by atoms with van der Waals surface area (Å²) in [6.45, 7) is 8.66. The van der Waals surface area contributed by atoms with E-state index in [0.29, 0.717) is 0 Å². The zero-order valence-electron chi connectivity index (χ0n) is 27.1. The average Bonchev–Trinajstić information content (AvgIpc) is 3.50. The molecule has 1 nitrogen and oxygen atoms in total. The molecular formula is C46H34OS. The standard InChI is InChI=1S/C46H34OS/c1-4-12-30(31-22-23-36-34-17-6-5-15-32(34)33-16-7-8-18-35(33)39(36)28-31)14-11-13-29-21-25-40-42(27-29)47-44-41(46(40,2)3)26-24-38-37-19-9-10-20-43(37)48-45(38)44/h4-12,14-28H,1,13H2,2-3H3/b14-11-,30-12+. The van der Waals surface area contributed by atoms with Gasteiger partial charge in [-0.15, -0.1) is 11.3 Å². The highest BCUT2D eigenvalue weighted by Crippen LogP contribution is 2.53. The Morgan fingerprint density at radius 2 is 1.29 bits per heavy atom. The van der Waals surface area contributed by atoms with Crippen molar-refractivity contribution in [2.45, 2.75) is 25.7 Å². The zero-order valence-corrected chi connectivity index (χ0v) is 27.9. The number of hydrogen-bond donors (Lipinski definition) is 0. The second kappa shape index (κ2) is 11.1. The maximum atomic E-state index is 6.80. The van der Waals surface area contributed by atoms with Crippen LogP contribution < -0.4 is 4.74 Å². The van der Waals surface area contributed by atoms with Crippen LogP contribution in [0.5, 0.6) is 11.5 Å². The van der Waals surface area contributed by atoms with E-state index >= 15 is 0 Å². The fraction of sp³-hybridized carbons (Fsp3) is 0.0870. The summed E-state index contributed by atoms with van der Waals surface area (Å²) >= 11 is 1.83. The number of hydrogen-bond acceptors (Lipinski definition) is 2. The maximum absolute atomic E-state index is 6.80. The predicted molar refractivity (Wildman–Crippen MR) is 208 cm³/mol. The van der Waals surface area contributed by atoms with E-state index < -0.39 is 0 Å². The Morgan fingerprint density at radius 3 is 2.02 bits per heavy atom. The van der Waals surface area contributed by atoms with E-state index in [0.717, 1.165) is 23.5 Å². The summed E-state index contributed by atoms with van der Waals surface area (Å²) < 4.78 is 9.32. The van der Waals surface area contributed by atoms with Gasteiger partial charge in [-0.3, -0.25) is 0 Å². The molecule has 0 fully saturated rings. The molecule has 0 amide bonds. The monoisotopic (exact) mass is 634 g/mol. The van der Waals surface area contributed by atoms with Gasteiger partial charge in [0.15, 0.2) is 0 Å². The summed E-state index contributed by atoms with van der Waals surface area (Å²) in [5.74, 6) is 1.96. The molecule has 0 bridgehead atoms. The third-order valence-electron chi connectivity index (χ3n) is 10.1. The molecule has 0 N–H and O–H groups in total. The normalized spacial score (nSPS) is 14.2. The van der Waals surface area contributed by atoms with Crippen molar-refractivity contribution in [1.29, 1.82) is 0 Å². The van der Waals surface area contributed by atoms with E-state index in [4.69, 9.17) is 4.74 Å². The molecule has 0 unspecified atom stereocenters. The molecule has 1 aromatic heterocycles. The van der Waals surface area contributed by atoms with Crippen molar-refractivity contribution in [3.8, 4) is 11.5 Å². The molecule has 0 aliphatic carbocycles. The number of rotatable bonds is 5. The van der Waals surface area contributed by atoms with E-state index in [1.54, 1.807) is 0 Å². The van der Waals surface area contributed by atoms with E-state index in [2.05, 4.69) is 160 Å². The van der Waals surface area contributed by atoms with Gasteiger partial charge in [0.05, 0.1) is 4.70 Å². The van der Waals surface area contributed by atoms with E-state index in [-0.39, 0.29) is 5.41 Å². The van der Waals surface area contributed by atoms with Crippen LogP contribution in [0.4, 0.5) is 0 Å². The minimum absolute atomic E-state index is 0.160. The summed E-state index contributed by atoms with van der Waals surface area (Å²) in [4.78, 5) is 0. The van der Waals surface area contributed by atoms with Crippen LogP contribution in [-0.2, 0) is 11.8 Å². The quantitative estimate of drug-likeness (QED) is 0.135. The van der Waals surface area contributed by atoms with Gasteiger partial charge < -0.3 is 4.74 Å². The van der Waals surface area contributed by atoms with Gasteiger partial charge in [-0.25, -0.2) is 0 Å². The molecule has 9 rings (SSSR count). The van der Waals surface area contributed by atoms with Crippen LogP contribution in [0.25, 0.3) is 58.1 Å². The molecule has 8 aromatic rings. The van der Waals surface area contributed by atoms with Crippen LogP contribution >= 0.6 is 11.3 Å². The van der Waals surface area contributed by atoms with Gasteiger partial charge in [-0.1, -0.05) is 148 Å². The molecule has 1 aliphatic rings. The second-order valence-electron chi connectivity index (χ2n) is 13.3. The smallest absolute Gasteiger partial charge is 0.149 e. The Hall–Kier alpha value is -5.44. The van der Waals surface area contributed by atoms with Gasteiger partial charge in [0.1, 0.15) is 11.5 Å². The molecule has 48 heavy (non-hydrogen) atoms. The molecule has 2 heterocycles. The molecule has 0 spiro atoms. The van der Waals surface area contributed by atoms with Crippen molar-refractivity contribution in [3.63, 3.8) is 0 Å². The largest absolute Gasteiger partial charge is 0.455 e. The van der Waals surface area contributed by atoms with E-state index in [9.17, 15) is 0 Å². The summed E-state index contributed by atoms with van der Waals surface area (Å²) in [6.07, 6.45) is 9.26. The molecule has 0 saturated heterocycles. The van der Waals surface area contributed by atoms with Crippen molar-refractivity contribution in [2.75, 3.05) is 0 Å². The lowest BCUT2D eigenvalue weighted by Gasteiger charge is -2.35. The Kier molecular flexibility index (Phi) is 6.64. The number of benzene rings is 7. The van der Waals surface area contributed by atoms with E-state index in [1.807, 2.05) is 17.4 Å². The Morgan fingerprint density at radius 1 is 0.667 bits per heavy atom. The lowest BCUT2D eigenvalue weighted by atomic mass is 9.75. The highest BCUT2D eigenvalue weighted by molar-refractivity contribution is 7.26. The molecule has 0 radical (unpaired) electrons. The zero-order chi connectivity index (χ0) is 32.4. The number of fused-ring (bicyclic) bond motifs is 12. The number of thiophene rings is 1. The number of allylic oxidation sites excluding steroid dienone is 5. The lowest BCUT2D eigenvalue weighted by molar-refractivity contribution is 0.423. The van der Waals surface area contributed by atoms with Gasteiger partial charge in [0.25, 0.3) is 0 Å². The first-order chi connectivity index (χ1) is 23.5. The Labute approximate surface area is 284 Å². The van der Waals surface area contributed by atoms with Crippen molar-refractivity contribution in [3.05, 3.63) is 174 Å². The van der Waals surface area contributed by atoms with Gasteiger partial charge >= 0.3 is 0 Å². The van der Waals surface area contributed by atoms with Crippen molar-refractivity contribution < 1.29 is 4.74 Å². The van der Waals surface area contributed by atoms with Crippen molar-refractivity contribution in [2.24, 2.45) is 0 Å². The van der Waals surface area contributed by atoms with Gasteiger partial charge in [-0.2, -0.15) is 0 Å². The maximum Gasteiger partial charge on any atom is 0.149 e. The summed E-state index contributed by atoms with van der Waals surface area (Å²) in [6, 6.07) is 44.3. The third-order valence-corrected chi connectivity index (χ3v) is 11.3.